The number of carbonyl (C=O) groups is 2. The van der Waals surface area contributed by atoms with Crippen LogP contribution in [0.25, 0.3) is 11.4 Å². The Hall–Kier alpha value is -3.81. The summed E-state index contributed by atoms with van der Waals surface area (Å²) in [5, 5.41) is 14.8. The van der Waals surface area contributed by atoms with Crippen LogP contribution in [0.5, 0.6) is 5.75 Å². The minimum absolute atomic E-state index is 0.0337. The summed E-state index contributed by atoms with van der Waals surface area (Å²) in [4.78, 5) is 32.4. The minimum atomic E-state index is -0.509. The molecule has 40 heavy (non-hydrogen) atoms. The Morgan fingerprint density at radius 2 is 1.73 bits per heavy atom. The van der Waals surface area contributed by atoms with E-state index in [1.807, 2.05) is 56.5 Å². The standard InChI is InChI=1S/C31H30Cl2N4O3/c1-16(2)36-29-27(35-30(36)24-13-20(7-11-26(24)39)15-34-19(5)38)31(40)37(25-14-22(33)8-6-17(25)3)28(29)23-10-9-21(32)12-18(23)4/h6-14,16,28,39H,15H2,1-5H3,(H,34,38). The van der Waals surface area contributed by atoms with Gasteiger partial charge in [-0.05, 0) is 86.3 Å². The van der Waals surface area contributed by atoms with Crippen LogP contribution in [0.15, 0.2) is 54.6 Å². The lowest BCUT2D eigenvalue weighted by Gasteiger charge is -2.30. The third kappa shape index (κ3) is 4.84. The van der Waals surface area contributed by atoms with Crippen LogP contribution in [0.2, 0.25) is 10.0 Å². The van der Waals surface area contributed by atoms with Crippen molar-refractivity contribution >= 4 is 40.7 Å². The SMILES string of the molecule is CC(=O)NCc1ccc(O)c(-c2nc3c(n2C(C)C)C(c2ccc(Cl)cc2C)N(c2cc(Cl)ccc2C)C3=O)c1. The maximum Gasteiger partial charge on any atom is 0.279 e. The Morgan fingerprint density at radius 3 is 2.40 bits per heavy atom. The highest BCUT2D eigenvalue weighted by atomic mass is 35.5. The molecule has 1 atom stereocenters. The van der Waals surface area contributed by atoms with Crippen LogP contribution < -0.4 is 10.2 Å². The monoisotopic (exact) mass is 576 g/mol. The number of imidazole rings is 1. The summed E-state index contributed by atoms with van der Waals surface area (Å²) in [5.41, 5.74) is 5.77. The molecule has 0 fully saturated rings. The number of phenolic OH excluding ortho intramolecular Hbond substituents is 1. The molecule has 0 bridgehead atoms. The number of rotatable bonds is 6. The summed E-state index contributed by atoms with van der Waals surface area (Å²) in [6, 6.07) is 15.7. The van der Waals surface area contributed by atoms with Crippen molar-refractivity contribution in [3.8, 4) is 17.1 Å². The van der Waals surface area contributed by atoms with E-state index in [1.54, 1.807) is 35.2 Å². The quantitative estimate of drug-likeness (QED) is 0.255. The number of fused-ring (bicyclic) bond motifs is 1. The summed E-state index contributed by atoms with van der Waals surface area (Å²) in [5.74, 6) is 0.107. The predicted octanol–water partition coefficient (Wildman–Crippen LogP) is 7.15. The van der Waals surface area contributed by atoms with Crippen molar-refractivity contribution in [2.45, 2.75) is 53.2 Å². The molecular weight excluding hydrogens is 547 g/mol. The number of hydrogen-bond acceptors (Lipinski definition) is 4. The first kappa shape index (κ1) is 27.7. The number of phenols is 1. The van der Waals surface area contributed by atoms with Crippen molar-refractivity contribution in [1.82, 2.24) is 14.9 Å². The van der Waals surface area contributed by atoms with E-state index in [1.165, 1.54) is 6.92 Å². The molecule has 1 aromatic heterocycles. The van der Waals surface area contributed by atoms with Gasteiger partial charge in [0.05, 0.1) is 11.3 Å². The van der Waals surface area contributed by atoms with Crippen LogP contribution in [0, 0.1) is 13.8 Å². The fourth-order valence-corrected chi connectivity index (χ4v) is 5.74. The number of aromatic nitrogens is 2. The molecule has 2 amide bonds. The fraction of sp³-hybridized carbons (Fsp3) is 0.258. The third-order valence-corrected chi connectivity index (χ3v) is 7.67. The van der Waals surface area contributed by atoms with Crippen LogP contribution in [0.1, 0.15) is 71.3 Å². The van der Waals surface area contributed by atoms with E-state index in [9.17, 15) is 14.7 Å². The minimum Gasteiger partial charge on any atom is -0.507 e. The van der Waals surface area contributed by atoms with Gasteiger partial charge in [0.1, 0.15) is 17.6 Å². The molecule has 5 rings (SSSR count). The van der Waals surface area contributed by atoms with Gasteiger partial charge in [0.25, 0.3) is 5.91 Å². The van der Waals surface area contributed by atoms with Crippen molar-refractivity contribution in [3.05, 3.63) is 98.3 Å². The molecule has 1 aliphatic heterocycles. The molecule has 0 radical (unpaired) electrons. The Labute approximate surface area is 243 Å². The van der Waals surface area contributed by atoms with E-state index >= 15 is 0 Å². The summed E-state index contributed by atoms with van der Waals surface area (Å²) in [7, 11) is 0. The van der Waals surface area contributed by atoms with Gasteiger partial charge >= 0.3 is 0 Å². The van der Waals surface area contributed by atoms with E-state index in [4.69, 9.17) is 28.2 Å². The number of nitrogens with zero attached hydrogens (tertiary/aromatic N) is 3. The van der Waals surface area contributed by atoms with Crippen molar-refractivity contribution in [1.29, 1.82) is 0 Å². The summed E-state index contributed by atoms with van der Waals surface area (Å²) in [6.07, 6.45) is 0. The lowest BCUT2D eigenvalue weighted by Crippen LogP contribution is -2.31. The first-order valence-corrected chi connectivity index (χ1v) is 13.8. The molecule has 2 heterocycles. The second-order valence-electron chi connectivity index (χ2n) is 10.4. The molecule has 3 aromatic carbocycles. The second-order valence-corrected chi connectivity index (χ2v) is 11.3. The van der Waals surface area contributed by atoms with Gasteiger partial charge in [-0.2, -0.15) is 0 Å². The van der Waals surface area contributed by atoms with Crippen LogP contribution >= 0.6 is 23.2 Å². The zero-order valence-electron chi connectivity index (χ0n) is 22.9. The smallest absolute Gasteiger partial charge is 0.279 e. The number of aryl methyl sites for hydroxylation is 2. The fourth-order valence-electron chi connectivity index (χ4n) is 5.35. The Kier molecular flexibility index (Phi) is 7.38. The number of benzene rings is 3. The van der Waals surface area contributed by atoms with Crippen molar-refractivity contribution < 1.29 is 14.7 Å². The van der Waals surface area contributed by atoms with E-state index < -0.39 is 6.04 Å². The molecule has 1 unspecified atom stereocenters. The Morgan fingerprint density at radius 1 is 1.02 bits per heavy atom. The van der Waals surface area contributed by atoms with Crippen molar-refractivity contribution in [2.75, 3.05) is 4.90 Å². The molecule has 0 spiro atoms. The Bertz CT molecular complexity index is 1660. The van der Waals surface area contributed by atoms with Crippen molar-refractivity contribution in [3.63, 3.8) is 0 Å². The van der Waals surface area contributed by atoms with Crippen LogP contribution in [0.3, 0.4) is 0 Å². The van der Waals surface area contributed by atoms with E-state index in [-0.39, 0.29) is 23.6 Å². The number of aromatic hydroxyl groups is 1. The average molecular weight is 578 g/mol. The highest BCUT2D eigenvalue weighted by molar-refractivity contribution is 6.31. The number of nitrogens with one attached hydrogen (secondary N) is 1. The zero-order chi connectivity index (χ0) is 28.9. The predicted molar refractivity (Wildman–Crippen MR) is 158 cm³/mol. The zero-order valence-corrected chi connectivity index (χ0v) is 24.4. The van der Waals surface area contributed by atoms with Gasteiger partial charge < -0.3 is 15.0 Å². The molecule has 0 saturated carbocycles. The number of amides is 2. The number of carbonyl (C=O) groups excluding carboxylic acids is 2. The molecule has 9 heteroatoms. The first-order valence-electron chi connectivity index (χ1n) is 13.0. The first-order chi connectivity index (χ1) is 19.0. The normalized spacial score (nSPS) is 14.7. The molecular formula is C31H30Cl2N4O3. The lowest BCUT2D eigenvalue weighted by atomic mass is 9.97. The topological polar surface area (TPSA) is 87.5 Å². The van der Waals surface area contributed by atoms with Crippen LogP contribution in [0.4, 0.5) is 5.69 Å². The summed E-state index contributed by atoms with van der Waals surface area (Å²) < 4.78 is 2.02. The molecule has 2 N–H and O–H groups in total. The van der Waals surface area contributed by atoms with Gasteiger partial charge in [-0.25, -0.2) is 4.98 Å². The largest absolute Gasteiger partial charge is 0.507 e. The second kappa shape index (κ2) is 10.6. The van der Waals surface area contributed by atoms with Crippen LogP contribution in [-0.4, -0.2) is 26.5 Å². The number of anilines is 1. The maximum absolute atomic E-state index is 14.2. The molecule has 7 nitrogen and oxygen atoms in total. The van der Waals surface area contributed by atoms with Gasteiger partial charge in [0.15, 0.2) is 5.69 Å². The number of halogens is 2. The highest BCUT2D eigenvalue weighted by Crippen LogP contribution is 2.47. The molecule has 4 aromatic rings. The van der Waals surface area contributed by atoms with Crippen LogP contribution in [-0.2, 0) is 11.3 Å². The van der Waals surface area contributed by atoms with Gasteiger partial charge in [-0.1, -0.05) is 41.4 Å². The lowest BCUT2D eigenvalue weighted by molar-refractivity contribution is -0.119. The molecule has 0 aliphatic carbocycles. The molecule has 206 valence electrons. The van der Waals surface area contributed by atoms with Gasteiger partial charge in [-0.3, -0.25) is 14.5 Å². The average Bonchev–Trinajstić information content (AvgIpc) is 3.40. The summed E-state index contributed by atoms with van der Waals surface area (Å²) in [6.45, 7) is 9.72. The highest BCUT2D eigenvalue weighted by Gasteiger charge is 2.45. The van der Waals surface area contributed by atoms with Gasteiger partial charge in [-0.15, -0.1) is 0 Å². The van der Waals surface area contributed by atoms with Gasteiger partial charge in [0, 0.05) is 35.2 Å². The third-order valence-electron chi connectivity index (χ3n) is 7.20. The van der Waals surface area contributed by atoms with E-state index in [0.29, 0.717) is 39.4 Å². The molecule has 1 aliphatic rings. The molecule has 0 saturated heterocycles. The number of hydrogen-bond donors (Lipinski definition) is 2. The van der Waals surface area contributed by atoms with E-state index in [2.05, 4.69) is 5.32 Å². The Balaban J connectivity index is 1.77. The summed E-state index contributed by atoms with van der Waals surface area (Å²) >= 11 is 12.7. The maximum atomic E-state index is 14.2. The van der Waals surface area contributed by atoms with Gasteiger partial charge in [0.2, 0.25) is 5.91 Å². The van der Waals surface area contributed by atoms with Crippen molar-refractivity contribution in [2.24, 2.45) is 0 Å². The van der Waals surface area contributed by atoms with E-state index in [0.717, 1.165) is 27.9 Å².